The zero-order valence-corrected chi connectivity index (χ0v) is 19.2. The van der Waals surface area contributed by atoms with E-state index in [9.17, 15) is 4.79 Å². The summed E-state index contributed by atoms with van der Waals surface area (Å²) in [5, 5.41) is 8.20. The maximum absolute atomic E-state index is 12.9. The summed E-state index contributed by atoms with van der Waals surface area (Å²) in [4.78, 5) is 22.7. The van der Waals surface area contributed by atoms with Crippen LogP contribution in [0, 0.1) is 0 Å². The second kappa shape index (κ2) is 9.33. The highest BCUT2D eigenvalue weighted by Gasteiger charge is 2.13. The lowest BCUT2D eigenvalue weighted by molar-refractivity contribution is 0.102. The largest absolute Gasteiger partial charge is 0.344 e. The van der Waals surface area contributed by atoms with E-state index in [1.807, 2.05) is 42.6 Å². The average molecular weight is 451 g/mol. The van der Waals surface area contributed by atoms with Gasteiger partial charge in [-0.05, 0) is 36.9 Å². The van der Waals surface area contributed by atoms with Gasteiger partial charge in [0.15, 0.2) is 0 Å². The minimum atomic E-state index is -0.210. The van der Waals surface area contributed by atoms with Crippen LogP contribution >= 0.6 is 0 Å². The minimum Gasteiger partial charge on any atom is -0.344 e. The van der Waals surface area contributed by atoms with Crippen LogP contribution in [0.5, 0.6) is 0 Å². The normalized spacial score (nSPS) is 11.3. The maximum atomic E-state index is 12.9. The SMILES string of the molecule is CN(C)Cc1ccc(-c2cnc3[nH]cc(NC(=O)c4cnn(Cc5ccccc5)c4)c3c2)cc1. The van der Waals surface area contributed by atoms with Crippen LogP contribution < -0.4 is 5.32 Å². The summed E-state index contributed by atoms with van der Waals surface area (Å²) in [6.07, 6.45) is 6.97. The molecule has 3 heterocycles. The van der Waals surface area contributed by atoms with E-state index in [2.05, 4.69) is 63.6 Å². The molecule has 7 nitrogen and oxygen atoms in total. The van der Waals surface area contributed by atoms with Crippen LogP contribution in [0.3, 0.4) is 0 Å². The summed E-state index contributed by atoms with van der Waals surface area (Å²) >= 11 is 0. The highest BCUT2D eigenvalue weighted by atomic mass is 16.1. The second-order valence-corrected chi connectivity index (χ2v) is 8.62. The van der Waals surface area contributed by atoms with Crippen molar-refractivity contribution in [2.45, 2.75) is 13.1 Å². The fourth-order valence-electron chi connectivity index (χ4n) is 3.96. The van der Waals surface area contributed by atoms with Gasteiger partial charge in [-0.25, -0.2) is 4.98 Å². The number of carbonyl (C=O) groups is 1. The monoisotopic (exact) mass is 450 g/mol. The molecule has 0 aliphatic rings. The molecule has 0 radical (unpaired) electrons. The molecule has 2 N–H and O–H groups in total. The van der Waals surface area contributed by atoms with E-state index in [4.69, 9.17) is 0 Å². The number of carbonyl (C=O) groups excluding carboxylic acids is 1. The fraction of sp³-hybridized carbons (Fsp3) is 0.148. The van der Waals surface area contributed by atoms with Crippen LogP contribution in [-0.2, 0) is 13.1 Å². The van der Waals surface area contributed by atoms with Crippen molar-refractivity contribution in [1.29, 1.82) is 0 Å². The number of fused-ring (bicyclic) bond motifs is 1. The zero-order valence-electron chi connectivity index (χ0n) is 19.2. The Morgan fingerprint density at radius 1 is 1.00 bits per heavy atom. The van der Waals surface area contributed by atoms with E-state index >= 15 is 0 Å². The van der Waals surface area contributed by atoms with E-state index in [0.717, 1.165) is 34.3 Å². The molecule has 34 heavy (non-hydrogen) atoms. The number of hydrogen-bond acceptors (Lipinski definition) is 4. The number of hydrogen-bond donors (Lipinski definition) is 2. The molecule has 0 atom stereocenters. The van der Waals surface area contributed by atoms with Crippen molar-refractivity contribution in [2.75, 3.05) is 19.4 Å². The lowest BCUT2D eigenvalue weighted by Crippen LogP contribution is -2.11. The number of aromatic nitrogens is 4. The molecule has 3 aromatic heterocycles. The van der Waals surface area contributed by atoms with Crippen molar-refractivity contribution >= 4 is 22.6 Å². The van der Waals surface area contributed by atoms with E-state index in [0.29, 0.717) is 17.8 Å². The second-order valence-electron chi connectivity index (χ2n) is 8.62. The number of nitrogens with one attached hydrogen (secondary N) is 2. The van der Waals surface area contributed by atoms with Crippen molar-refractivity contribution in [2.24, 2.45) is 0 Å². The van der Waals surface area contributed by atoms with E-state index in [1.54, 1.807) is 23.3 Å². The Balaban J connectivity index is 1.34. The molecule has 0 fully saturated rings. The van der Waals surface area contributed by atoms with Gasteiger partial charge in [0.1, 0.15) is 5.65 Å². The third-order valence-corrected chi connectivity index (χ3v) is 5.65. The molecule has 0 saturated heterocycles. The van der Waals surface area contributed by atoms with Crippen molar-refractivity contribution in [1.82, 2.24) is 24.6 Å². The van der Waals surface area contributed by atoms with Crippen molar-refractivity contribution in [3.8, 4) is 11.1 Å². The van der Waals surface area contributed by atoms with E-state index < -0.39 is 0 Å². The molecular formula is C27H26N6O. The van der Waals surface area contributed by atoms with Crippen LogP contribution in [0.2, 0.25) is 0 Å². The van der Waals surface area contributed by atoms with Crippen LogP contribution in [0.25, 0.3) is 22.2 Å². The van der Waals surface area contributed by atoms with E-state index in [1.165, 1.54) is 5.56 Å². The van der Waals surface area contributed by atoms with Crippen LogP contribution in [0.15, 0.2) is 85.5 Å². The Kier molecular flexibility index (Phi) is 5.93. The molecule has 0 spiro atoms. The first-order chi connectivity index (χ1) is 16.5. The number of H-pyrrole nitrogens is 1. The Morgan fingerprint density at radius 3 is 2.56 bits per heavy atom. The Morgan fingerprint density at radius 2 is 1.79 bits per heavy atom. The molecule has 0 aliphatic carbocycles. The predicted molar refractivity (Wildman–Crippen MR) is 135 cm³/mol. The number of pyridine rings is 1. The van der Waals surface area contributed by atoms with Gasteiger partial charge in [0, 0.05) is 36.1 Å². The average Bonchev–Trinajstić information content (AvgIpc) is 3.47. The Labute approximate surface area is 198 Å². The molecule has 1 amide bonds. The lowest BCUT2D eigenvalue weighted by Gasteiger charge is -2.10. The van der Waals surface area contributed by atoms with Crippen LogP contribution in [0.1, 0.15) is 21.5 Å². The first kappa shape index (κ1) is 21.6. The number of rotatable bonds is 7. The van der Waals surface area contributed by atoms with Crippen molar-refractivity contribution < 1.29 is 4.79 Å². The third-order valence-electron chi connectivity index (χ3n) is 5.65. The van der Waals surface area contributed by atoms with Crippen molar-refractivity contribution in [3.63, 3.8) is 0 Å². The molecule has 2 aromatic carbocycles. The smallest absolute Gasteiger partial charge is 0.258 e. The first-order valence-electron chi connectivity index (χ1n) is 11.1. The third kappa shape index (κ3) is 4.74. The highest BCUT2D eigenvalue weighted by molar-refractivity contribution is 6.08. The standard InChI is InChI=1S/C27H26N6O/c1-32(2)16-20-8-10-21(11-9-20)22-12-24-25(15-29-26(24)28-13-22)31-27(34)23-14-30-33(18-23)17-19-6-4-3-5-7-19/h3-15,18H,16-17H2,1-2H3,(H,28,29)(H,31,34). The lowest BCUT2D eigenvalue weighted by atomic mass is 10.0. The quantitative estimate of drug-likeness (QED) is 0.374. The van der Waals surface area contributed by atoms with Gasteiger partial charge in [-0.15, -0.1) is 0 Å². The zero-order chi connectivity index (χ0) is 23.5. The van der Waals surface area contributed by atoms with Gasteiger partial charge in [-0.2, -0.15) is 5.10 Å². The molecule has 5 rings (SSSR count). The summed E-state index contributed by atoms with van der Waals surface area (Å²) < 4.78 is 1.76. The predicted octanol–water partition coefficient (Wildman–Crippen LogP) is 4.79. The molecule has 5 aromatic rings. The van der Waals surface area contributed by atoms with Gasteiger partial charge >= 0.3 is 0 Å². The molecular weight excluding hydrogens is 424 g/mol. The van der Waals surface area contributed by atoms with Gasteiger partial charge in [-0.1, -0.05) is 54.6 Å². The molecule has 7 heteroatoms. The highest BCUT2D eigenvalue weighted by Crippen LogP contribution is 2.28. The number of benzene rings is 2. The number of aromatic amines is 1. The van der Waals surface area contributed by atoms with Gasteiger partial charge in [0.25, 0.3) is 5.91 Å². The first-order valence-corrected chi connectivity index (χ1v) is 11.1. The number of anilines is 1. The Hall–Kier alpha value is -4.23. The van der Waals surface area contributed by atoms with Gasteiger partial charge in [0.2, 0.25) is 0 Å². The molecule has 0 aliphatic heterocycles. The van der Waals surface area contributed by atoms with Gasteiger partial charge in [-0.3, -0.25) is 9.48 Å². The van der Waals surface area contributed by atoms with E-state index in [-0.39, 0.29) is 5.91 Å². The fourth-order valence-corrected chi connectivity index (χ4v) is 3.96. The maximum Gasteiger partial charge on any atom is 0.258 e. The van der Waals surface area contributed by atoms with Gasteiger partial charge in [0.05, 0.1) is 24.0 Å². The van der Waals surface area contributed by atoms with Gasteiger partial charge < -0.3 is 15.2 Å². The summed E-state index contributed by atoms with van der Waals surface area (Å²) in [6, 6.07) is 20.6. The topological polar surface area (TPSA) is 78.8 Å². The molecule has 0 bridgehead atoms. The minimum absolute atomic E-state index is 0.210. The Bertz CT molecular complexity index is 1420. The molecule has 170 valence electrons. The summed E-state index contributed by atoms with van der Waals surface area (Å²) in [5.41, 5.74) is 6.38. The van der Waals surface area contributed by atoms with Crippen LogP contribution in [0.4, 0.5) is 5.69 Å². The van der Waals surface area contributed by atoms with Crippen molar-refractivity contribution in [3.05, 3.63) is 102 Å². The molecule has 0 unspecified atom stereocenters. The summed E-state index contributed by atoms with van der Waals surface area (Å²) in [5.74, 6) is -0.210. The summed E-state index contributed by atoms with van der Waals surface area (Å²) in [7, 11) is 4.11. The molecule has 0 saturated carbocycles. The number of nitrogens with zero attached hydrogens (tertiary/aromatic N) is 4. The van der Waals surface area contributed by atoms with Crippen LogP contribution in [-0.4, -0.2) is 44.7 Å². The summed E-state index contributed by atoms with van der Waals surface area (Å²) in [6.45, 7) is 1.51. The number of amides is 1.